The molecule has 0 unspecified atom stereocenters. The molecule has 2 aliphatic rings. The van der Waals surface area contributed by atoms with Gasteiger partial charge >= 0.3 is 6.03 Å². The van der Waals surface area contributed by atoms with Gasteiger partial charge in [0.15, 0.2) is 23.0 Å². The number of hydrogen-bond acceptors (Lipinski definition) is 7. The van der Waals surface area contributed by atoms with Crippen molar-refractivity contribution in [1.82, 2.24) is 5.32 Å². The molecule has 1 saturated heterocycles. The molecule has 3 aromatic carbocycles. The van der Waals surface area contributed by atoms with Gasteiger partial charge in [-0.25, -0.2) is 9.69 Å². The van der Waals surface area contributed by atoms with Crippen molar-refractivity contribution in [3.63, 3.8) is 0 Å². The van der Waals surface area contributed by atoms with Crippen LogP contribution in [0.25, 0.3) is 6.08 Å². The van der Waals surface area contributed by atoms with Crippen LogP contribution in [0.5, 0.6) is 23.0 Å². The molecule has 1 N–H and O–H groups in total. The molecule has 2 heterocycles. The number of nitrogens with zero attached hydrogens (tertiary/aromatic N) is 1. The predicted molar refractivity (Wildman–Crippen MR) is 152 cm³/mol. The van der Waals surface area contributed by atoms with Crippen LogP contribution in [0.3, 0.4) is 0 Å². The number of amides is 4. The van der Waals surface area contributed by atoms with Gasteiger partial charge in [0, 0.05) is 10.0 Å². The molecule has 0 aromatic heterocycles. The van der Waals surface area contributed by atoms with Gasteiger partial charge in [-0.15, -0.1) is 6.58 Å². The summed E-state index contributed by atoms with van der Waals surface area (Å²) in [4.78, 5) is 39.7. The largest absolute Gasteiger partial charge is 0.493 e. The van der Waals surface area contributed by atoms with Crippen LogP contribution in [-0.4, -0.2) is 31.7 Å². The van der Waals surface area contributed by atoms with E-state index in [1.54, 1.807) is 36.4 Å². The average Bonchev–Trinajstić information content (AvgIpc) is 3.40. The lowest BCUT2D eigenvalue weighted by Gasteiger charge is -2.27. The van der Waals surface area contributed by atoms with Crippen LogP contribution in [0.1, 0.15) is 22.3 Å². The zero-order chi connectivity index (χ0) is 28.4. The van der Waals surface area contributed by atoms with E-state index >= 15 is 0 Å². The number of methoxy groups -OCH3 is 1. The number of benzene rings is 3. The van der Waals surface area contributed by atoms with E-state index in [0.717, 1.165) is 26.1 Å². The van der Waals surface area contributed by atoms with E-state index in [9.17, 15) is 14.4 Å². The molecule has 0 spiro atoms. The number of urea groups is 1. The van der Waals surface area contributed by atoms with Crippen molar-refractivity contribution in [3.8, 4) is 23.0 Å². The van der Waals surface area contributed by atoms with E-state index in [-0.39, 0.29) is 19.0 Å². The summed E-state index contributed by atoms with van der Waals surface area (Å²) in [5.41, 5.74) is 3.11. The third-order valence-corrected chi connectivity index (χ3v) is 7.26. The molecule has 9 nitrogen and oxygen atoms in total. The Bertz CT molecular complexity index is 1580. The van der Waals surface area contributed by atoms with E-state index in [0.29, 0.717) is 40.7 Å². The summed E-state index contributed by atoms with van der Waals surface area (Å²) in [7, 11) is 1.51. The second-order valence-corrected chi connectivity index (χ2v) is 9.93. The number of ether oxygens (including phenoxy) is 4. The first-order valence-electron chi connectivity index (χ1n) is 12.3. The number of nitrogens with one attached hydrogen (secondary N) is 1. The van der Waals surface area contributed by atoms with Crippen molar-refractivity contribution < 1.29 is 33.3 Å². The minimum Gasteiger partial charge on any atom is -0.493 e. The van der Waals surface area contributed by atoms with Crippen molar-refractivity contribution in [2.24, 2.45) is 0 Å². The van der Waals surface area contributed by atoms with Crippen LogP contribution >= 0.6 is 15.9 Å². The van der Waals surface area contributed by atoms with E-state index in [1.165, 1.54) is 13.2 Å². The zero-order valence-electron chi connectivity index (χ0n) is 21.8. The van der Waals surface area contributed by atoms with Crippen LogP contribution in [0.2, 0.25) is 0 Å². The molecular formula is C30H25BrN2O7. The van der Waals surface area contributed by atoms with Crippen molar-refractivity contribution >= 4 is 45.5 Å². The van der Waals surface area contributed by atoms with Gasteiger partial charge in [0.25, 0.3) is 11.8 Å². The Morgan fingerprint density at radius 3 is 2.62 bits per heavy atom. The molecule has 10 heteroatoms. The maximum Gasteiger partial charge on any atom is 0.335 e. The Labute approximate surface area is 239 Å². The Hall–Kier alpha value is -4.57. The lowest BCUT2D eigenvalue weighted by molar-refractivity contribution is -0.122. The third kappa shape index (κ3) is 5.30. The number of hydrogen-bond donors (Lipinski definition) is 1. The SMILES string of the molecule is C=CCc1cc(/C=C2\C(=O)NC(=O)N(c3ccc(Br)c(C)c3)C2=O)cc(OC)c1OCc1ccc2c(c1)OCO2. The van der Waals surface area contributed by atoms with Crippen molar-refractivity contribution in [3.05, 3.63) is 93.5 Å². The average molecular weight is 605 g/mol. The van der Waals surface area contributed by atoms with Crippen LogP contribution in [0.4, 0.5) is 10.5 Å². The number of fused-ring (bicyclic) bond motifs is 1. The van der Waals surface area contributed by atoms with E-state index in [2.05, 4.69) is 27.8 Å². The molecule has 0 bridgehead atoms. The molecule has 5 rings (SSSR count). The molecule has 3 aromatic rings. The normalized spacial score (nSPS) is 15.3. The van der Waals surface area contributed by atoms with Gasteiger partial charge in [0.05, 0.1) is 12.8 Å². The van der Waals surface area contributed by atoms with Crippen LogP contribution in [0.15, 0.2) is 71.2 Å². The number of rotatable bonds is 8. The number of halogens is 1. The number of allylic oxidation sites excluding steroid dienone is 1. The topological polar surface area (TPSA) is 103 Å². The Kier molecular flexibility index (Phi) is 7.61. The van der Waals surface area contributed by atoms with Crippen LogP contribution < -0.4 is 29.2 Å². The number of barbiturate groups is 1. The fraction of sp³-hybridized carbons (Fsp3) is 0.167. The van der Waals surface area contributed by atoms with E-state index in [1.807, 2.05) is 25.1 Å². The highest BCUT2D eigenvalue weighted by Gasteiger charge is 2.37. The molecule has 2 aliphatic heterocycles. The summed E-state index contributed by atoms with van der Waals surface area (Å²) >= 11 is 3.41. The number of aryl methyl sites for hydroxylation is 1. The number of anilines is 1. The van der Waals surface area contributed by atoms with Gasteiger partial charge in [-0.05, 0) is 78.6 Å². The maximum atomic E-state index is 13.4. The molecule has 4 amide bonds. The second kappa shape index (κ2) is 11.3. The highest BCUT2D eigenvalue weighted by molar-refractivity contribution is 9.10. The summed E-state index contributed by atoms with van der Waals surface area (Å²) < 4.78 is 23.4. The number of carbonyl (C=O) groups excluding carboxylic acids is 3. The molecule has 0 aliphatic carbocycles. The van der Waals surface area contributed by atoms with Crippen molar-refractivity contribution in [2.75, 3.05) is 18.8 Å². The van der Waals surface area contributed by atoms with Crippen LogP contribution in [0, 0.1) is 6.92 Å². The smallest absolute Gasteiger partial charge is 0.335 e. The number of imide groups is 2. The van der Waals surface area contributed by atoms with E-state index in [4.69, 9.17) is 18.9 Å². The van der Waals surface area contributed by atoms with Gasteiger partial charge in [0.2, 0.25) is 6.79 Å². The summed E-state index contributed by atoms with van der Waals surface area (Å²) in [6.45, 7) is 6.10. The van der Waals surface area contributed by atoms with Crippen molar-refractivity contribution in [2.45, 2.75) is 20.0 Å². The molecule has 0 atom stereocenters. The second-order valence-electron chi connectivity index (χ2n) is 9.07. The molecule has 1 fully saturated rings. The third-order valence-electron chi connectivity index (χ3n) is 6.37. The minimum absolute atomic E-state index is 0.184. The first-order valence-corrected chi connectivity index (χ1v) is 13.1. The fourth-order valence-corrected chi connectivity index (χ4v) is 4.65. The summed E-state index contributed by atoms with van der Waals surface area (Å²) in [5.74, 6) is 0.733. The zero-order valence-corrected chi connectivity index (χ0v) is 23.4. The Morgan fingerprint density at radius 2 is 1.88 bits per heavy atom. The quantitative estimate of drug-likeness (QED) is 0.207. The highest BCUT2D eigenvalue weighted by Crippen LogP contribution is 2.37. The van der Waals surface area contributed by atoms with Gasteiger partial charge in [-0.1, -0.05) is 28.1 Å². The molecule has 40 heavy (non-hydrogen) atoms. The summed E-state index contributed by atoms with van der Waals surface area (Å²) in [5, 5.41) is 2.25. The summed E-state index contributed by atoms with van der Waals surface area (Å²) in [6, 6.07) is 13.3. The number of carbonyl (C=O) groups is 3. The minimum atomic E-state index is -0.814. The standard InChI is InChI=1S/C30H25BrN2O7/c1-4-5-20-11-19(14-26(37-3)27(20)38-15-18-6-9-24-25(13-18)40-16-39-24)12-22-28(34)32-30(36)33(29(22)35)21-7-8-23(31)17(2)10-21/h4,6-14H,1,5,15-16H2,2-3H3,(H,32,34,36)/b22-12+. The van der Waals surface area contributed by atoms with Gasteiger partial charge in [0.1, 0.15) is 12.2 Å². The monoisotopic (exact) mass is 604 g/mol. The molecule has 0 saturated carbocycles. The fourth-order valence-electron chi connectivity index (χ4n) is 4.40. The Balaban J connectivity index is 1.46. The molecule has 0 radical (unpaired) electrons. The predicted octanol–water partition coefficient (Wildman–Crippen LogP) is 5.47. The summed E-state index contributed by atoms with van der Waals surface area (Å²) in [6.07, 6.45) is 3.58. The highest BCUT2D eigenvalue weighted by atomic mass is 79.9. The van der Waals surface area contributed by atoms with Gasteiger partial charge < -0.3 is 18.9 Å². The Morgan fingerprint density at radius 1 is 1.07 bits per heavy atom. The lowest BCUT2D eigenvalue weighted by atomic mass is 10.0. The van der Waals surface area contributed by atoms with Gasteiger partial charge in [-0.2, -0.15) is 0 Å². The lowest BCUT2D eigenvalue weighted by Crippen LogP contribution is -2.54. The maximum absolute atomic E-state index is 13.4. The van der Waals surface area contributed by atoms with Crippen LogP contribution in [-0.2, 0) is 22.6 Å². The first kappa shape index (κ1) is 27.0. The van der Waals surface area contributed by atoms with Crippen molar-refractivity contribution in [1.29, 1.82) is 0 Å². The first-order chi connectivity index (χ1) is 19.3. The van der Waals surface area contributed by atoms with E-state index < -0.39 is 17.8 Å². The van der Waals surface area contributed by atoms with Gasteiger partial charge in [-0.3, -0.25) is 14.9 Å². The molecule has 204 valence electrons. The molecular weight excluding hydrogens is 580 g/mol.